The van der Waals surface area contributed by atoms with Crippen LogP contribution in [-0.4, -0.2) is 57.3 Å². The molecule has 2 aliphatic rings. The number of amides is 1. The lowest BCUT2D eigenvalue weighted by atomic mass is 9.59. The number of fused-ring (bicyclic) bond motifs is 3. The second-order valence-corrected chi connectivity index (χ2v) is 19.2. The molecule has 2 aromatic carbocycles. The van der Waals surface area contributed by atoms with Crippen LogP contribution in [0.1, 0.15) is 43.3 Å². The summed E-state index contributed by atoms with van der Waals surface area (Å²) in [6.45, 7) is 4.28. The van der Waals surface area contributed by atoms with Gasteiger partial charge >= 0.3 is 6.30 Å². The molecule has 0 saturated heterocycles. The van der Waals surface area contributed by atoms with Gasteiger partial charge < -0.3 is 14.6 Å². The maximum atomic E-state index is 14.2. The van der Waals surface area contributed by atoms with E-state index in [1.54, 1.807) is 25.2 Å². The van der Waals surface area contributed by atoms with Crippen molar-refractivity contribution >= 4 is 53.0 Å². The molecule has 0 bridgehead atoms. The Bertz CT molecular complexity index is 2400. The fourth-order valence-electron chi connectivity index (χ4n) is 8.08. The maximum Gasteiger partial charge on any atom is 0.504 e. The first-order valence-corrected chi connectivity index (χ1v) is 19.2. The number of alkyl halides is 3. The number of aryl methyl sites for hydroxylation is 1. The predicted molar refractivity (Wildman–Crippen MR) is 200 cm³/mol. The van der Waals surface area contributed by atoms with E-state index in [9.17, 15) is 18.0 Å². The topological polar surface area (TPSA) is 103 Å². The van der Waals surface area contributed by atoms with E-state index in [4.69, 9.17) is 8.54 Å². The van der Waals surface area contributed by atoms with Crippen molar-refractivity contribution in [3.8, 4) is 11.3 Å². The lowest BCUT2D eigenvalue weighted by Gasteiger charge is -2.48. The lowest BCUT2D eigenvalue weighted by Crippen LogP contribution is -2.67. The summed E-state index contributed by atoms with van der Waals surface area (Å²) in [6.07, 6.45) is -0.582. The summed E-state index contributed by atoms with van der Waals surface area (Å²) in [5.74, 6) is 0.118. The number of carbonyl (C=O) groups is 1. The van der Waals surface area contributed by atoms with E-state index in [-0.39, 0.29) is 32.6 Å². The van der Waals surface area contributed by atoms with Crippen LogP contribution in [0.4, 0.5) is 30.5 Å². The molecule has 1 amide bonds. The van der Waals surface area contributed by atoms with Crippen molar-refractivity contribution in [2.24, 2.45) is 13.0 Å². The van der Waals surface area contributed by atoms with Crippen LogP contribution in [-0.2, 0) is 28.0 Å². The molecule has 1 N–H and O–H groups in total. The van der Waals surface area contributed by atoms with Gasteiger partial charge in [-0.05, 0) is 57.9 Å². The largest absolute Gasteiger partial charge is 0.504 e. The molecule has 1 aliphatic carbocycles. The molecule has 1 fully saturated rings. The number of carbonyl (C=O) groups excluding carboxylic acids is 1. The van der Waals surface area contributed by atoms with Crippen molar-refractivity contribution in [1.82, 2.24) is 29.5 Å². The van der Waals surface area contributed by atoms with Gasteiger partial charge in [-0.3, -0.25) is 9.48 Å². The van der Waals surface area contributed by atoms with E-state index in [1.165, 1.54) is 10.9 Å². The summed E-state index contributed by atoms with van der Waals surface area (Å²) in [4.78, 5) is 24.2. The number of anilines is 3. The second kappa shape index (κ2) is 12.4. The third kappa shape index (κ3) is 5.62. The Labute approximate surface area is 310 Å². The molecule has 0 unspecified atom stereocenters. The summed E-state index contributed by atoms with van der Waals surface area (Å²) in [6, 6.07) is 25.7. The van der Waals surface area contributed by atoms with Crippen molar-refractivity contribution in [2.75, 3.05) is 23.8 Å². The number of likely N-dealkylation sites (N-methyl/N-ethyl adjacent to an activating group) is 1. The maximum absolute atomic E-state index is 14.2. The molecule has 10 nitrogen and oxygen atoms in total. The number of aromatic nitrogens is 6. The monoisotopic (exact) mass is 739 g/mol. The third-order valence-electron chi connectivity index (χ3n) is 10.5. The molecule has 272 valence electrons. The molecule has 14 heteroatoms. The number of pyridine rings is 2. The number of rotatable bonds is 8. The molecule has 6 aromatic rings. The fraction of sp³-hybridized carbons (Fsp3) is 0.308. The quantitative estimate of drug-likeness (QED) is 0.175. The number of nitrogens with zero attached hydrogens (tertiary/aromatic N) is 7. The Hall–Kier alpha value is -5.34. The Kier molecular flexibility index (Phi) is 7.29. The zero-order chi connectivity index (χ0) is 39.8. The van der Waals surface area contributed by atoms with Gasteiger partial charge in [-0.2, -0.15) is 14.9 Å². The van der Waals surface area contributed by atoms with Crippen LogP contribution in [0.5, 0.6) is 0 Å². The van der Waals surface area contributed by atoms with Gasteiger partial charge in [0.25, 0.3) is 8.32 Å². The molecule has 53 heavy (non-hydrogen) atoms. The molecule has 1 saturated carbocycles. The third-order valence-corrected chi connectivity index (χ3v) is 15.6. The molecule has 0 atom stereocenters. The molecule has 5 heterocycles. The summed E-state index contributed by atoms with van der Waals surface area (Å²) < 4.78 is 73.3. The Balaban J connectivity index is 1.09. The van der Waals surface area contributed by atoms with Crippen LogP contribution in [0.25, 0.3) is 22.3 Å². The van der Waals surface area contributed by atoms with Crippen LogP contribution < -0.4 is 20.6 Å². The normalized spacial score (nSPS) is 19.9. The number of hydrogen-bond donors (Lipinski definition) is 1. The number of benzene rings is 2. The second-order valence-electron chi connectivity index (χ2n) is 14.9. The van der Waals surface area contributed by atoms with Crippen molar-refractivity contribution < 1.29 is 26.5 Å². The van der Waals surface area contributed by atoms with Crippen molar-refractivity contribution in [3.63, 3.8) is 0 Å². The number of nitrogens with one attached hydrogen (secondary N) is 1. The Morgan fingerprint density at radius 3 is 2.26 bits per heavy atom. The molecule has 0 radical (unpaired) electrons. The standard InChI is InChI=1S/C39H39F3N8O2Si/c1-37(2,3)53(27-12-8-6-9-13-27,28-14-10-7-11-15-28)52-24-25-19-38(20-25)29-18-33(43-22-31(29)48(4)36(38)51)45-32-17-16-30-35(46-32)34(47-49(30)5)26-21-44-50(23-26)39(40,41)42/h6-18,21-23,25H,19-20,24H2,1-5H3,(H,43,45,46)/i4D3. The SMILES string of the molecule is [2H]C([2H])([2H])N1C(=O)C2(CC(CO[Si](c3ccccc3)(c3ccccc3)C(C)(C)C)C2)c2cc(Nc3ccc4c(n3)c(-c3cnn(C(F)(F)F)c3)nn4C)ncc21. The zero-order valence-corrected chi connectivity index (χ0v) is 30.5. The summed E-state index contributed by atoms with van der Waals surface area (Å²) in [7, 11) is -1.19. The highest BCUT2D eigenvalue weighted by atomic mass is 28.4. The van der Waals surface area contributed by atoms with Crippen LogP contribution in [0.15, 0.2) is 97.5 Å². The van der Waals surface area contributed by atoms with Gasteiger partial charge in [0.2, 0.25) is 5.91 Å². The van der Waals surface area contributed by atoms with E-state index in [0.29, 0.717) is 47.7 Å². The molecule has 1 spiro atoms. The summed E-state index contributed by atoms with van der Waals surface area (Å²) in [5, 5.41) is 13.0. The first kappa shape index (κ1) is 31.2. The zero-order valence-electron chi connectivity index (χ0n) is 32.5. The average Bonchev–Trinajstić information content (AvgIpc) is 3.81. The van der Waals surface area contributed by atoms with Crippen molar-refractivity contribution in [3.05, 3.63) is 103 Å². The van der Waals surface area contributed by atoms with Crippen LogP contribution in [0.2, 0.25) is 5.04 Å². The highest BCUT2D eigenvalue weighted by Gasteiger charge is 2.59. The molecule has 1 aliphatic heterocycles. The van der Waals surface area contributed by atoms with Gasteiger partial charge in [0.1, 0.15) is 22.8 Å². The highest BCUT2D eigenvalue weighted by Crippen LogP contribution is 2.56. The smallest absolute Gasteiger partial charge is 0.407 e. The number of halogens is 3. The van der Waals surface area contributed by atoms with Crippen molar-refractivity contribution in [1.29, 1.82) is 0 Å². The fourth-order valence-corrected chi connectivity index (χ4v) is 12.7. The number of hydrogen-bond acceptors (Lipinski definition) is 7. The minimum absolute atomic E-state index is 0.0237. The van der Waals surface area contributed by atoms with Gasteiger partial charge in [0.05, 0.1) is 29.0 Å². The van der Waals surface area contributed by atoms with Gasteiger partial charge in [-0.1, -0.05) is 81.4 Å². The van der Waals surface area contributed by atoms with Gasteiger partial charge in [0, 0.05) is 36.5 Å². The first-order valence-electron chi connectivity index (χ1n) is 18.8. The lowest BCUT2D eigenvalue weighted by molar-refractivity contribution is -0.212. The minimum Gasteiger partial charge on any atom is -0.407 e. The first-order chi connectivity index (χ1) is 26.4. The molecule has 4 aromatic heterocycles. The van der Waals surface area contributed by atoms with E-state index < -0.39 is 32.9 Å². The Morgan fingerprint density at radius 2 is 1.66 bits per heavy atom. The minimum atomic E-state index is -4.69. The summed E-state index contributed by atoms with van der Waals surface area (Å²) >= 11 is 0. The summed E-state index contributed by atoms with van der Waals surface area (Å²) in [5.41, 5.74) is 0.954. The molecule has 8 rings (SSSR count). The van der Waals surface area contributed by atoms with Crippen LogP contribution in [0, 0.1) is 5.92 Å². The van der Waals surface area contributed by atoms with E-state index >= 15 is 0 Å². The molecular formula is C39H39F3N8O2Si. The predicted octanol–water partition coefficient (Wildman–Crippen LogP) is 6.65. The Morgan fingerprint density at radius 1 is 0.981 bits per heavy atom. The van der Waals surface area contributed by atoms with Gasteiger partial charge in [0.15, 0.2) is 0 Å². The van der Waals surface area contributed by atoms with Crippen molar-refractivity contribution in [2.45, 2.75) is 50.4 Å². The van der Waals surface area contributed by atoms with E-state index in [2.05, 4.69) is 70.5 Å². The highest BCUT2D eigenvalue weighted by molar-refractivity contribution is 6.99. The van der Waals surface area contributed by atoms with E-state index in [0.717, 1.165) is 27.7 Å². The average molecular weight is 740 g/mol. The molecular weight excluding hydrogens is 698 g/mol. The van der Waals surface area contributed by atoms with Crippen LogP contribution >= 0.6 is 0 Å². The van der Waals surface area contributed by atoms with Gasteiger partial charge in [-0.15, -0.1) is 13.2 Å². The van der Waals surface area contributed by atoms with E-state index in [1.807, 2.05) is 36.4 Å². The van der Waals surface area contributed by atoms with Gasteiger partial charge in [-0.25, -0.2) is 9.97 Å². The van der Waals surface area contributed by atoms with Crippen LogP contribution in [0.3, 0.4) is 0 Å².